The molecule has 3 N–H and O–H groups in total. The zero-order valence-corrected chi connectivity index (χ0v) is 8.50. The van der Waals surface area contributed by atoms with E-state index >= 15 is 0 Å². The van der Waals surface area contributed by atoms with Crippen LogP contribution in [-0.4, -0.2) is 4.98 Å². The van der Waals surface area contributed by atoms with Crippen molar-refractivity contribution in [3.05, 3.63) is 29.8 Å². The zero-order chi connectivity index (χ0) is 10.6. The van der Waals surface area contributed by atoms with Gasteiger partial charge in [-0.05, 0) is 24.0 Å². The molecule has 0 amide bonds. The lowest BCUT2D eigenvalue weighted by Crippen LogP contribution is -2.29. The number of hydrogen-bond acceptors (Lipinski definition) is 3. The molecular formula is C10H16FN3. The number of pyridine rings is 1. The molecule has 0 spiro atoms. The fourth-order valence-corrected chi connectivity index (χ4v) is 1.39. The van der Waals surface area contributed by atoms with E-state index in [1.165, 1.54) is 12.3 Å². The molecule has 0 saturated heterocycles. The Hall–Kier alpha value is -1.00. The van der Waals surface area contributed by atoms with E-state index in [0.29, 0.717) is 5.92 Å². The molecule has 78 valence electrons. The Morgan fingerprint density at radius 2 is 2.21 bits per heavy atom. The zero-order valence-electron chi connectivity index (χ0n) is 8.50. The number of aromatic nitrogens is 1. The van der Waals surface area contributed by atoms with E-state index in [1.807, 2.05) is 0 Å². The molecule has 4 heteroatoms. The fraction of sp³-hybridized carbons (Fsp3) is 0.500. The highest BCUT2D eigenvalue weighted by atomic mass is 19.1. The van der Waals surface area contributed by atoms with Gasteiger partial charge in [-0.2, -0.15) is 0 Å². The molecule has 1 heterocycles. The minimum atomic E-state index is -0.327. The predicted molar refractivity (Wildman–Crippen MR) is 53.7 cm³/mol. The largest absolute Gasteiger partial charge is 0.271 e. The van der Waals surface area contributed by atoms with Gasteiger partial charge in [0.2, 0.25) is 0 Å². The van der Waals surface area contributed by atoms with Gasteiger partial charge >= 0.3 is 0 Å². The predicted octanol–water partition coefficient (Wildman–Crippen LogP) is 1.77. The van der Waals surface area contributed by atoms with Crippen molar-refractivity contribution in [1.82, 2.24) is 10.4 Å². The molecule has 0 aromatic carbocycles. The molecule has 0 saturated carbocycles. The monoisotopic (exact) mass is 197 g/mol. The van der Waals surface area contributed by atoms with E-state index in [-0.39, 0.29) is 11.9 Å². The Bertz CT molecular complexity index is 288. The average Bonchev–Trinajstić information content (AvgIpc) is 2.14. The van der Waals surface area contributed by atoms with Crippen LogP contribution < -0.4 is 11.3 Å². The summed E-state index contributed by atoms with van der Waals surface area (Å²) in [4.78, 5) is 3.79. The summed E-state index contributed by atoms with van der Waals surface area (Å²) in [5.74, 6) is 5.57. The van der Waals surface area contributed by atoms with Gasteiger partial charge in [-0.15, -0.1) is 0 Å². The molecule has 0 aliphatic heterocycles. The first-order valence-corrected chi connectivity index (χ1v) is 4.70. The summed E-state index contributed by atoms with van der Waals surface area (Å²) in [6.45, 7) is 4.19. The topological polar surface area (TPSA) is 50.9 Å². The first-order valence-electron chi connectivity index (χ1n) is 4.70. The van der Waals surface area contributed by atoms with Crippen molar-refractivity contribution in [2.75, 3.05) is 0 Å². The van der Waals surface area contributed by atoms with Gasteiger partial charge in [0.1, 0.15) is 5.82 Å². The van der Waals surface area contributed by atoms with E-state index in [0.717, 1.165) is 12.0 Å². The summed E-state index contributed by atoms with van der Waals surface area (Å²) >= 11 is 0. The van der Waals surface area contributed by atoms with Crippen molar-refractivity contribution < 1.29 is 4.39 Å². The van der Waals surface area contributed by atoms with Gasteiger partial charge in [-0.1, -0.05) is 13.8 Å². The Morgan fingerprint density at radius 3 is 2.71 bits per heavy atom. The van der Waals surface area contributed by atoms with Crippen molar-refractivity contribution in [3.63, 3.8) is 0 Å². The number of hydrogen-bond donors (Lipinski definition) is 2. The Kier molecular flexibility index (Phi) is 3.98. The van der Waals surface area contributed by atoms with Crippen LogP contribution in [0, 0.1) is 11.7 Å². The maximum absolute atomic E-state index is 12.9. The highest BCUT2D eigenvalue weighted by Crippen LogP contribution is 2.19. The second kappa shape index (κ2) is 5.02. The van der Waals surface area contributed by atoms with Gasteiger partial charge in [-0.3, -0.25) is 16.3 Å². The molecule has 0 aliphatic rings. The molecule has 1 unspecified atom stereocenters. The molecule has 0 aliphatic carbocycles. The smallest absolute Gasteiger partial charge is 0.141 e. The highest BCUT2D eigenvalue weighted by Gasteiger charge is 2.12. The standard InChI is InChI=1S/C10H16FN3/c1-7(2)3-10(14-12)8-4-9(11)6-13-5-8/h4-7,10,14H,3,12H2,1-2H3. The van der Waals surface area contributed by atoms with E-state index < -0.39 is 0 Å². The lowest BCUT2D eigenvalue weighted by Gasteiger charge is -2.17. The summed E-state index contributed by atoms with van der Waals surface area (Å²) in [6, 6.07) is 1.43. The van der Waals surface area contributed by atoms with E-state index in [1.54, 1.807) is 6.20 Å². The van der Waals surface area contributed by atoms with Gasteiger partial charge in [0, 0.05) is 12.2 Å². The lowest BCUT2D eigenvalue weighted by molar-refractivity contribution is 0.435. The number of halogens is 1. The Labute approximate surface area is 83.5 Å². The quantitative estimate of drug-likeness (QED) is 0.571. The summed E-state index contributed by atoms with van der Waals surface area (Å²) in [6.07, 6.45) is 3.68. The number of hydrazine groups is 1. The fourth-order valence-electron chi connectivity index (χ4n) is 1.39. The van der Waals surface area contributed by atoms with Crippen LogP contribution in [0.1, 0.15) is 31.9 Å². The molecule has 1 rings (SSSR count). The number of nitrogens with one attached hydrogen (secondary N) is 1. The molecule has 0 bridgehead atoms. The lowest BCUT2D eigenvalue weighted by atomic mass is 9.99. The van der Waals surface area contributed by atoms with Gasteiger partial charge in [0.25, 0.3) is 0 Å². The minimum absolute atomic E-state index is 0.0294. The number of rotatable bonds is 4. The highest BCUT2D eigenvalue weighted by molar-refractivity contribution is 5.14. The molecular weight excluding hydrogens is 181 g/mol. The van der Waals surface area contributed by atoms with Crippen LogP contribution in [0.5, 0.6) is 0 Å². The first-order chi connectivity index (χ1) is 6.63. The summed E-state index contributed by atoms with van der Waals surface area (Å²) in [7, 11) is 0. The van der Waals surface area contributed by atoms with E-state index in [9.17, 15) is 4.39 Å². The SMILES string of the molecule is CC(C)CC(NN)c1cncc(F)c1. The first kappa shape index (κ1) is 11.1. The van der Waals surface area contributed by atoms with Crippen molar-refractivity contribution >= 4 is 0 Å². The molecule has 1 aromatic rings. The van der Waals surface area contributed by atoms with Gasteiger partial charge in [0.05, 0.1) is 6.20 Å². The molecule has 1 atom stereocenters. The van der Waals surface area contributed by atoms with E-state index in [4.69, 9.17) is 5.84 Å². The number of nitrogens with two attached hydrogens (primary N) is 1. The molecule has 3 nitrogen and oxygen atoms in total. The van der Waals surface area contributed by atoms with Gasteiger partial charge in [0.15, 0.2) is 0 Å². The van der Waals surface area contributed by atoms with Crippen LogP contribution in [0.4, 0.5) is 4.39 Å². The van der Waals surface area contributed by atoms with Gasteiger partial charge in [-0.25, -0.2) is 4.39 Å². The summed E-state index contributed by atoms with van der Waals surface area (Å²) in [5.41, 5.74) is 3.46. The second-order valence-corrected chi connectivity index (χ2v) is 3.79. The van der Waals surface area contributed by atoms with Crippen molar-refractivity contribution in [2.45, 2.75) is 26.3 Å². The number of nitrogens with zero attached hydrogens (tertiary/aromatic N) is 1. The Balaban J connectivity index is 2.78. The van der Waals surface area contributed by atoms with Crippen LogP contribution >= 0.6 is 0 Å². The van der Waals surface area contributed by atoms with Gasteiger partial charge < -0.3 is 0 Å². The minimum Gasteiger partial charge on any atom is -0.271 e. The maximum atomic E-state index is 12.9. The second-order valence-electron chi connectivity index (χ2n) is 3.79. The molecule has 14 heavy (non-hydrogen) atoms. The van der Waals surface area contributed by atoms with Crippen LogP contribution in [0.15, 0.2) is 18.5 Å². The van der Waals surface area contributed by atoms with Crippen LogP contribution in [0.25, 0.3) is 0 Å². The normalized spacial score (nSPS) is 13.2. The third-order valence-corrected chi connectivity index (χ3v) is 2.04. The summed E-state index contributed by atoms with van der Waals surface area (Å²) in [5, 5.41) is 0. The Morgan fingerprint density at radius 1 is 1.50 bits per heavy atom. The van der Waals surface area contributed by atoms with Crippen LogP contribution in [0.2, 0.25) is 0 Å². The third-order valence-electron chi connectivity index (χ3n) is 2.04. The van der Waals surface area contributed by atoms with Crippen molar-refractivity contribution in [3.8, 4) is 0 Å². The van der Waals surface area contributed by atoms with Crippen LogP contribution in [0.3, 0.4) is 0 Å². The molecule has 1 aromatic heterocycles. The van der Waals surface area contributed by atoms with Crippen LogP contribution in [-0.2, 0) is 0 Å². The van der Waals surface area contributed by atoms with Crippen molar-refractivity contribution in [1.29, 1.82) is 0 Å². The molecule has 0 radical (unpaired) electrons. The molecule has 0 fully saturated rings. The van der Waals surface area contributed by atoms with E-state index in [2.05, 4.69) is 24.3 Å². The third kappa shape index (κ3) is 3.05. The van der Waals surface area contributed by atoms with Crippen molar-refractivity contribution in [2.24, 2.45) is 11.8 Å². The summed E-state index contributed by atoms with van der Waals surface area (Å²) < 4.78 is 12.9. The average molecular weight is 197 g/mol. The maximum Gasteiger partial charge on any atom is 0.141 e.